The van der Waals surface area contributed by atoms with Crippen LogP contribution in [0.2, 0.25) is 5.02 Å². The van der Waals surface area contributed by atoms with E-state index >= 15 is 0 Å². The van der Waals surface area contributed by atoms with E-state index in [1.54, 1.807) is 61.5 Å². The van der Waals surface area contributed by atoms with Crippen LogP contribution >= 0.6 is 11.6 Å². The molecule has 2 rings (SSSR count). The van der Waals surface area contributed by atoms with E-state index in [0.29, 0.717) is 10.7 Å². The SMILES string of the molecule is CC[C@@H](C)NC(=O)[C@@H](C)N(Cc1ccc(Cl)cc1)C(=O)CN(c1ccccc1)S(=O)(=O)N(C)C. The van der Waals surface area contributed by atoms with Crippen molar-refractivity contribution in [1.29, 1.82) is 0 Å². The molecule has 0 fully saturated rings. The van der Waals surface area contributed by atoms with Gasteiger partial charge in [0.05, 0.1) is 5.69 Å². The first-order valence-corrected chi connectivity index (χ1v) is 12.8. The Hall–Kier alpha value is -2.62. The van der Waals surface area contributed by atoms with Crippen LogP contribution in [0.3, 0.4) is 0 Å². The summed E-state index contributed by atoms with van der Waals surface area (Å²) in [6, 6.07) is 14.5. The second-order valence-electron chi connectivity index (χ2n) is 8.27. The van der Waals surface area contributed by atoms with Crippen molar-refractivity contribution in [2.45, 2.75) is 45.8 Å². The zero-order valence-corrected chi connectivity index (χ0v) is 21.8. The van der Waals surface area contributed by atoms with Crippen LogP contribution in [0.5, 0.6) is 0 Å². The van der Waals surface area contributed by atoms with Crippen molar-refractivity contribution in [3.8, 4) is 0 Å². The molecule has 0 radical (unpaired) electrons. The van der Waals surface area contributed by atoms with Gasteiger partial charge >= 0.3 is 10.2 Å². The average Bonchev–Trinajstić information content (AvgIpc) is 2.81. The number of benzene rings is 2. The Balaban J connectivity index is 2.41. The summed E-state index contributed by atoms with van der Waals surface area (Å²) in [6.07, 6.45) is 0.743. The molecule has 0 aromatic heterocycles. The molecule has 0 aliphatic heterocycles. The maximum atomic E-state index is 13.6. The molecule has 0 unspecified atom stereocenters. The van der Waals surface area contributed by atoms with Crippen LogP contribution in [-0.4, -0.2) is 62.2 Å². The molecule has 8 nitrogen and oxygen atoms in total. The largest absolute Gasteiger partial charge is 0.352 e. The van der Waals surface area contributed by atoms with Gasteiger partial charge in [0.25, 0.3) is 0 Å². The van der Waals surface area contributed by atoms with Crippen LogP contribution < -0.4 is 9.62 Å². The highest BCUT2D eigenvalue weighted by molar-refractivity contribution is 7.90. The average molecular weight is 509 g/mol. The minimum Gasteiger partial charge on any atom is -0.352 e. The van der Waals surface area contributed by atoms with Gasteiger partial charge in [0.2, 0.25) is 11.8 Å². The van der Waals surface area contributed by atoms with E-state index in [1.807, 2.05) is 13.8 Å². The molecular weight excluding hydrogens is 476 g/mol. The predicted molar refractivity (Wildman–Crippen MR) is 136 cm³/mol. The highest BCUT2D eigenvalue weighted by atomic mass is 35.5. The highest BCUT2D eigenvalue weighted by Gasteiger charge is 2.32. The fourth-order valence-corrected chi connectivity index (χ4v) is 4.33. The first-order chi connectivity index (χ1) is 16.0. The zero-order valence-electron chi connectivity index (χ0n) is 20.2. The summed E-state index contributed by atoms with van der Waals surface area (Å²) in [7, 11) is -1.15. The first kappa shape index (κ1) is 27.6. The third-order valence-corrected chi connectivity index (χ3v) is 7.57. The van der Waals surface area contributed by atoms with E-state index < -0.39 is 28.7 Å². The molecule has 2 aromatic carbocycles. The molecule has 186 valence electrons. The molecule has 2 aromatic rings. The Kier molecular flexibility index (Phi) is 9.90. The summed E-state index contributed by atoms with van der Waals surface area (Å²) in [5.74, 6) is -0.811. The molecule has 0 aliphatic carbocycles. The summed E-state index contributed by atoms with van der Waals surface area (Å²) >= 11 is 5.99. The lowest BCUT2D eigenvalue weighted by molar-refractivity contribution is -0.139. The fraction of sp³-hybridized carbons (Fsp3) is 0.417. The van der Waals surface area contributed by atoms with Crippen molar-refractivity contribution in [2.75, 3.05) is 24.9 Å². The quantitative estimate of drug-likeness (QED) is 0.504. The molecular formula is C24H33ClN4O4S. The molecule has 0 spiro atoms. The lowest BCUT2D eigenvalue weighted by Crippen LogP contribution is -2.53. The standard InChI is InChI=1S/C24H33ClN4O4S/c1-6-18(2)26-24(31)19(3)28(16-20-12-14-21(25)15-13-20)23(30)17-29(34(32,33)27(4)5)22-10-8-7-9-11-22/h7-15,18-19H,6,16-17H2,1-5H3,(H,26,31)/t18-,19-/m1/s1. The van der Waals surface area contributed by atoms with Gasteiger partial charge in [-0.05, 0) is 50.1 Å². The van der Waals surface area contributed by atoms with E-state index in [0.717, 1.165) is 20.6 Å². The monoisotopic (exact) mass is 508 g/mol. The number of amides is 2. The lowest BCUT2D eigenvalue weighted by Gasteiger charge is -2.33. The Morgan fingerprint density at radius 2 is 1.59 bits per heavy atom. The number of anilines is 1. The minimum absolute atomic E-state index is 0.0580. The fourth-order valence-electron chi connectivity index (χ4n) is 3.15. The van der Waals surface area contributed by atoms with Gasteiger partial charge in [-0.1, -0.05) is 48.9 Å². The third kappa shape index (κ3) is 7.19. The third-order valence-electron chi connectivity index (χ3n) is 5.50. The molecule has 0 saturated carbocycles. The number of hydrogen-bond acceptors (Lipinski definition) is 4. The van der Waals surface area contributed by atoms with E-state index in [9.17, 15) is 18.0 Å². The lowest BCUT2D eigenvalue weighted by atomic mass is 10.1. The topological polar surface area (TPSA) is 90.0 Å². The molecule has 0 saturated heterocycles. The minimum atomic E-state index is -3.97. The first-order valence-electron chi connectivity index (χ1n) is 11.1. The summed E-state index contributed by atoms with van der Waals surface area (Å²) in [5, 5.41) is 3.45. The molecule has 34 heavy (non-hydrogen) atoms. The van der Waals surface area contributed by atoms with Gasteiger partial charge in [0, 0.05) is 31.7 Å². The van der Waals surface area contributed by atoms with E-state index in [4.69, 9.17) is 11.6 Å². The van der Waals surface area contributed by atoms with Crippen molar-refractivity contribution in [1.82, 2.24) is 14.5 Å². The highest BCUT2D eigenvalue weighted by Crippen LogP contribution is 2.21. The molecule has 0 aliphatic rings. The summed E-state index contributed by atoms with van der Waals surface area (Å²) in [6.45, 7) is 5.14. The summed E-state index contributed by atoms with van der Waals surface area (Å²) < 4.78 is 28.2. The van der Waals surface area contributed by atoms with Crippen LogP contribution in [0.4, 0.5) is 5.69 Å². The number of nitrogens with one attached hydrogen (secondary N) is 1. The van der Waals surface area contributed by atoms with Gasteiger partial charge in [-0.15, -0.1) is 0 Å². The number of carbonyl (C=O) groups is 2. The van der Waals surface area contributed by atoms with Crippen LogP contribution in [0.1, 0.15) is 32.8 Å². The maximum Gasteiger partial charge on any atom is 0.304 e. The molecule has 2 atom stereocenters. The van der Waals surface area contributed by atoms with E-state index in [2.05, 4.69) is 5.32 Å². The van der Waals surface area contributed by atoms with Gasteiger partial charge in [-0.3, -0.25) is 9.59 Å². The van der Waals surface area contributed by atoms with E-state index in [-0.39, 0.29) is 18.5 Å². The maximum absolute atomic E-state index is 13.6. The van der Waals surface area contributed by atoms with Crippen LogP contribution in [0, 0.1) is 0 Å². The molecule has 0 heterocycles. The molecule has 2 amide bonds. The second-order valence-corrected chi connectivity index (χ2v) is 10.8. The Labute approximate surface area is 207 Å². The van der Waals surface area contributed by atoms with Gasteiger partial charge in [-0.25, -0.2) is 4.31 Å². The molecule has 0 bridgehead atoms. The van der Waals surface area contributed by atoms with Crippen LogP contribution in [-0.2, 0) is 26.3 Å². The summed E-state index contributed by atoms with van der Waals surface area (Å²) in [5.41, 5.74) is 1.12. The summed E-state index contributed by atoms with van der Waals surface area (Å²) in [4.78, 5) is 27.9. The number of halogens is 1. The van der Waals surface area contributed by atoms with Gasteiger partial charge < -0.3 is 10.2 Å². The van der Waals surface area contributed by atoms with Crippen molar-refractivity contribution in [3.63, 3.8) is 0 Å². The Bertz CT molecular complexity index is 1060. The number of rotatable bonds is 11. The number of nitrogens with zero attached hydrogens (tertiary/aromatic N) is 3. The van der Waals surface area contributed by atoms with Crippen molar-refractivity contribution < 1.29 is 18.0 Å². The van der Waals surface area contributed by atoms with E-state index in [1.165, 1.54) is 19.0 Å². The zero-order chi connectivity index (χ0) is 25.5. The predicted octanol–water partition coefficient (Wildman–Crippen LogP) is 3.28. The van der Waals surface area contributed by atoms with Crippen LogP contribution in [0.15, 0.2) is 54.6 Å². The smallest absolute Gasteiger partial charge is 0.304 e. The van der Waals surface area contributed by atoms with Gasteiger partial charge in [0.15, 0.2) is 0 Å². The second kappa shape index (κ2) is 12.2. The normalized spacial score (nSPS) is 13.3. The molecule has 10 heteroatoms. The van der Waals surface area contributed by atoms with Crippen molar-refractivity contribution in [2.24, 2.45) is 0 Å². The Morgan fingerprint density at radius 3 is 2.12 bits per heavy atom. The number of hydrogen-bond donors (Lipinski definition) is 1. The van der Waals surface area contributed by atoms with Gasteiger partial charge in [-0.2, -0.15) is 12.7 Å². The van der Waals surface area contributed by atoms with Gasteiger partial charge in [0.1, 0.15) is 12.6 Å². The Morgan fingerprint density at radius 1 is 1.00 bits per heavy atom. The van der Waals surface area contributed by atoms with Crippen LogP contribution in [0.25, 0.3) is 0 Å². The van der Waals surface area contributed by atoms with Crippen molar-refractivity contribution in [3.05, 3.63) is 65.2 Å². The number of carbonyl (C=O) groups excluding carboxylic acids is 2. The van der Waals surface area contributed by atoms with Crippen molar-refractivity contribution >= 4 is 39.3 Å². The molecule has 1 N–H and O–H groups in total. The number of para-hydroxylation sites is 1.